The quantitative estimate of drug-likeness (QED) is 0.424. The Morgan fingerprint density at radius 2 is 1.61 bits per heavy atom. The van der Waals surface area contributed by atoms with E-state index in [2.05, 4.69) is 41.5 Å². The molecular formula is C28H28N4O. The normalized spacial score (nSPS) is 14.4. The summed E-state index contributed by atoms with van der Waals surface area (Å²) < 4.78 is 1.79. The van der Waals surface area contributed by atoms with Crippen molar-refractivity contribution in [2.24, 2.45) is 5.92 Å². The summed E-state index contributed by atoms with van der Waals surface area (Å²) in [6.45, 7) is 3.54. The maximum absolute atomic E-state index is 13.3. The predicted molar refractivity (Wildman–Crippen MR) is 130 cm³/mol. The summed E-state index contributed by atoms with van der Waals surface area (Å²) in [5.74, 6) is 1.46. The lowest BCUT2D eigenvalue weighted by Gasteiger charge is -2.31. The molecule has 1 fully saturated rings. The number of amides is 1. The van der Waals surface area contributed by atoms with Gasteiger partial charge in [-0.2, -0.15) is 0 Å². The number of carbonyl (C=O) groups is 1. The van der Waals surface area contributed by atoms with E-state index >= 15 is 0 Å². The highest BCUT2D eigenvalue weighted by molar-refractivity contribution is 5.91. The molecule has 1 aromatic heterocycles. The van der Waals surface area contributed by atoms with Gasteiger partial charge in [-0.05, 0) is 55.4 Å². The van der Waals surface area contributed by atoms with Gasteiger partial charge in [-0.25, -0.2) is 9.67 Å². The monoisotopic (exact) mass is 436 g/mol. The van der Waals surface area contributed by atoms with Crippen LogP contribution in [0.4, 0.5) is 0 Å². The fourth-order valence-electron chi connectivity index (χ4n) is 4.55. The lowest BCUT2D eigenvalue weighted by molar-refractivity contribution is 0.0678. The van der Waals surface area contributed by atoms with Gasteiger partial charge in [-0.3, -0.25) is 4.79 Å². The maximum Gasteiger partial charge on any atom is 0.293 e. The molecule has 33 heavy (non-hydrogen) atoms. The lowest BCUT2D eigenvalue weighted by Crippen LogP contribution is -2.39. The molecule has 0 unspecified atom stereocenters. The first-order chi connectivity index (χ1) is 16.2. The Labute approximate surface area is 194 Å². The Morgan fingerprint density at radius 1 is 0.909 bits per heavy atom. The molecule has 1 amide bonds. The molecule has 0 spiro atoms. The SMILES string of the molecule is Cc1cccc(-n2nc(C(=O)N3CCC(Cc4ccccc4)CC3)nc2-c2ccccc2)c1. The van der Waals surface area contributed by atoms with Crippen molar-refractivity contribution < 1.29 is 4.79 Å². The molecule has 166 valence electrons. The number of nitrogens with zero attached hydrogens (tertiary/aromatic N) is 4. The van der Waals surface area contributed by atoms with Gasteiger partial charge in [0.05, 0.1) is 5.69 Å². The first kappa shape index (κ1) is 21.1. The van der Waals surface area contributed by atoms with Crippen molar-refractivity contribution in [3.63, 3.8) is 0 Å². The molecule has 5 rings (SSSR count). The highest BCUT2D eigenvalue weighted by Gasteiger charge is 2.27. The third-order valence-electron chi connectivity index (χ3n) is 6.35. The fraction of sp³-hybridized carbons (Fsp3) is 0.250. The minimum atomic E-state index is -0.0863. The molecule has 1 aliphatic heterocycles. The Morgan fingerprint density at radius 3 is 2.30 bits per heavy atom. The second-order valence-electron chi connectivity index (χ2n) is 8.80. The number of benzene rings is 3. The molecule has 0 N–H and O–H groups in total. The molecule has 2 heterocycles. The summed E-state index contributed by atoms with van der Waals surface area (Å²) in [6.07, 6.45) is 3.08. The van der Waals surface area contributed by atoms with E-state index in [-0.39, 0.29) is 11.7 Å². The number of carbonyl (C=O) groups excluding carboxylic acids is 1. The molecule has 5 heteroatoms. The van der Waals surface area contributed by atoms with Crippen LogP contribution in [0.3, 0.4) is 0 Å². The second-order valence-corrected chi connectivity index (χ2v) is 8.80. The Balaban J connectivity index is 1.36. The summed E-state index contributed by atoms with van der Waals surface area (Å²) >= 11 is 0. The highest BCUT2D eigenvalue weighted by Crippen LogP contribution is 2.25. The summed E-state index contributed by atoms with van der Waals surface area (Å²) in [7, 11) is 0. The maximum atomic E-state index is 13.3. The van der Waals surface area contributed by atoms with Crippen molar-refractivity contribution in [3.8, 4) is 17.1 Å². The molecule has 0 saturated carbocycles. The number of hydrogen-bond acceptors (Lipinski definition) is 3. The lowest BCUT2D eigenvalue weighted by atomic mass is 9.90. The fourth-order valence-corrected chi connectivity index (χ4v) is 4.55. The molecule has 1 saturated heterocycles. The van der Waals surface area contributed by atoms with Gasteiger partial charge in [0.15, 0.2) is 5.82 Å². The largest absolute Gasteiger partial charge is 0.336 e. The zero-order valence-corrected chi connectivity index (χ0v) is 18.9. The molecule has 0 atom stereocenters. The van der Waals surface area contributed by atoms with Crippen LogP contribution >= 0.6 is 0 Å². The van der Waals surface area contributed by atoms with E-state index in [1.54, 1.807) is 4.68 Å². The molecule has 4 aromatic rings. The van der Waals surface area contributed by atoms with Crippen molar-refractivity contribution in [2.45, 2.75) is 26.2 Å². The van der Waals surface area contributed by atoms with Crippen molar-refractivity contribution >= 4 is 5.91 Å². The number of piperidine rings is 1. The van der Waals surface area contributed by atoms with Gasteiger partial charge >= 0.3 is 0 Å². The Hall–Kier alpha value is -3.73. The molecular weight excluding hydrogens is 408 g/mol. The minimum absolute atomic E-state index is 0.0863. The molecule has 5 nitrogen and oxygen atoms in total. The van der Waals surface area contributed by atoms with Gasteiger partial charge in [0, 0.05) is 18.7 Å². The van der Waals surface area contributed by atoms with Gasteiger partial charge in [0.2, 0.25) is 5.82 Å². The van der Waals surface area contributed by atoms with Crippen molar-refractivity contribution in [1.82, 2.24) is 19.7 Å². The summed E-state index contributed by atoms with van der Waals surface area (Å²) in [5.41, 5.74) is 4.35. The van der Waals surface area contributed by atoms with E-state index in [0.29, 0.717) is 11.7 Å². The average molecular weight is 437 g/mol. The van der Waals surface area contributed by atoms with Gasteiger partial charge in [0.25, 0.3) is 5.91 Å². The highest BCUT2D eigenvalue weighted by atomic mass is 16.2. The molecule has 0 bridgehead atoms. The third kappa shape index (κ3) is 4.72. The van der Waals surface area contributed by atoms with Crippen LogP contribution in [0.1, 0.15) is 34.6 Å². The number of rotatable bonds is 5. The van der Waals surface area contributed by atoms with E-state index in [0.717, 1.165) is 49.2 Å². The van der Waals surface area contributed by atoms with Crippen LogP contribution in [-0.4, -0.2) is 38.7 Å². The third-order valence-corrected chi connectivity index (χ3v) is 6.35. The van der Waals surface area contributed by atoms with Crippen LogP contribution in [0.15, 0.2) is 84.9 Å². The number of aryl methyl sites for hydroxylation is 1. The van der Waals surface area contributed by atoms with Crippen molar-refractivity contribution in [1.29, 1.82) is 0 Å². The van der Waals surface area contributed by atoms with E-state index in [9.17, 15) is 4.79 Å². The smallest absolute Gasteiger partial charge is 0.293 e. The Kier molecular flexibility index (Phi) is 6.03. The van der Waals surface area contributed by atoms with Gasteiger partial charge in [0.1, 0.15) is 0 Å². The zero-order valence-electron chi connectivity index (χ0n) is 18.9. The first-order valence-electron chi connectivity index (χ1n) is 11.6. The van der Waals surface area contributed by atoms with Crippen LogP contribution in [-0.2, 0) is 6.42 Å². The van der Waals surface area contributed by atoms with Gasteiger partial charge in [-0.15, -0.1) is 5.10 Å². The van der Waals surface area contributed by atoms with Gasteiger partial charge < -0.3 is 4.90 Å². The average Bonchev–Trinajstić information content (AvgIpc) is 3.31. The zero-order chi connectivity index (χ0) is 22.6. The van der Waals surface area contributed by atoms with Crippen LogP contribution in [0, 0.1) is 12.8 Å². The Bertz CT molecular complexity index is 1230. The standard InChI is InChI=1S/C28H28N4O/c1-21-9-8-14-25(19-21)32-27(24-12-6-3-7-13-24)29-26(30-32)28(33)31-17-15-23(16-18-31)20-22-10-4-2-5-11-22/h2-14,19,23H,15-18,20H2,1H3. The molecule has 0 radical (unpaired) electrons. The number of hydrogen-bond donors (Lipinski definition) is 0. The van der Waals surface area contributed by atoms with E-state index in [1.165, 1.54) is 5.56 Å². The number of aromatic nitrogens is 3. The van der Waals surface area contributed by atoms with Crippen LogP contribution in [0.2, 0.25) is 0 Å². The number of likely N-dealkylation sites (tertiary alicyclic amines) is 1. The van der Waals surface area contributed by atoms with Crippen LogP contribution in [0.25, 0.3) is 17.1 Å². The summed E-state index contributed by atoms with van der Waals surface area (Å²) in [5, 5.41) is 4.67. The van der Waals surface area contributed by atoms with Crippen molar-refractivity contribution in [2.75, 3.05) is 13.1 Å². The van der Waals surface area contributed by atoms with E-state index in [4.69, 9.17) is 4.98 Å². The van der Waals surface area contributed by atoms with Crippen LogP contribution < -0.4 is 0 Å². The van der Waals surface area contributed by atoms with Crippen molar-refractivity contribution in [3.05, 3.63) is 102 Å². The van der Waals surface area contributed by atoms with E-state index in [1.807, 2.05) is 60.4 Å². The topological polar surface area (TPSA) is 51.0 Å². The predicted octanol–water partition coefficient (Wildman–Crippen LogP) is 5.34. The van der Waals surface area contributed by atoms with Gasteiger partial charge in [-0.1, -0.05) is 72.8 Å². The molecule has 0 aliphatic carbocycles. The van der Waals surface area contributed by atoms with Crippen LogP contribution in [0.5, 0.6) is 0 Å². The molecule has 3 aromatic carbocycles. The summed E-state index contributed by atoms with van der Waals surface area (Å²) in [6, 6.07) is 28.6. The summed E-state index contributed by atoms with van der Waals surface area (Å²) in [4.78, 5) is 20.0. The molecule has 1 aliphatic rings. The van der Waals surface area contributed by atoms with E-state index < -0.39 is 0 Å². The second kappa shape index (κ2) is 9.41. The first-order valence-corrected chi connectivity index (χ1v) is 11.6. The minimum Gasteiger partial charge on any atom is -0.336 e.